The van der Waals surface area contributed by atoms with Crippen LogP contribution in [0.1, 0.15) is 38.2 Å². The highest BCUT2D eigenvalue weighted by Crippen LogP contribution is 2.33. The number of fused-ring (bicyclic) bond motifs is 1. The monoisotopic (exact) mass is 301 g/mol. The van der Waals surface area contributed by atoms with E-state index in [-0.39, 0.29) is 12.7 Å². The van der Waals surface area contributed by atoms with E-state index in [0.29, 0.717) is 12.0 Å². The molecule has 2 atom stereocenters. The first-order chi connectivity index (χ1) is 10.6. The van der Waals surface area contributed by atoms with Gasteiger partial charge in [0.1, 0.15) is 0 Å². The summed E-state index contributed by atoms with van der Waals surface area (Å²) in [7, 11) is 1.92. The molecule has 1 aromatic carbocycles. The van der Waals surface area contributed by atoms with Crippen molar-refractivity contribution < 1.29 is 14.3 Å². The molecule has 3 rings (SSSR count). The Bertz CT molecular complexity index is 582. The van der Waals surface area contributed by atoms with E-state index in [9.17, 15) is 4.79 Å². The van der Waals surface area contributed by atoms with Crippen molar-refractivity contribution >= 4 is 12.0 Å². The van der Waals surface area contributed by atoms with Gasteiger partial charge in [-0.25, -0.2) is 0 Å². The van der Waals surface area contributed by atoms with Gasteiger partial charge in [0.05, 0.1) is 0 Å². The summed E-state index contributed by atoms with van der Waals surface area (Å²) < 4.78 is 10.6. The van der Waals surface area contributed by atoms with Gasteiger partial charge in [0.15, 0.2) is 11.5 Å². The molecule has 0 radical (unpaired) electrons. The number of hydrogen-bond donors (Lipinski definition) is 0. The quantitative estimate of drug-likeness (QED) is 0.803. The number of hydrogen-bond acceptors (Lipinski definition) is 3. The molecule has 4 nitrogen and oxygen atoms in total. The van der Waals surface area contributed by atoms with Crippen molar-refractivity contribution in [1.82, 2.24) is 4.90 Å². The maximum absolute atomic E-state index is 12.4. The molecule has 0 bridgehead atoms. The SMILES string of the molecule is CC1CCCCC1N(C)C(=O)/C=C/c1ccc2c(c1)OCO2. The maximum Gasteiger partial charge on any atom is 0.246 e. The summed E-state index contributed by atoms with van der Waals surface area (Å²) >= 11 is 0. The molecule has 4 heteroatoms. The Kier molecular flexibility index (Phi) is 4.36. The number of amides is 1. The highest BCUT2D eigenvalue weighted by atomic mass is 16.7. The van der Waals surface area contributed by atoms with E-state index in [1.807, 2.05) is 36.2 Å². The Hall–Kier alpha value is -1.97. The number of likely N-dealkylation sites (N-methyl/N-ethyl adjacent to an activating group) is 1. The molecule has 0 spiro atoms. The first-order valence-electron chi connectivity index (χ1n) is 7.99. The lowest BCUT2D eigenvalue weighted by Crippen LogP contribution is -2.41. The van der Waals surface area contributed by atoms with Crippen molar-refractivity contribution in [2.45, 2.75) is 38.6 Å². The Morgan fingerprint density at radius 1 is 1.23 bits per heavy atom. The molecule has 118 valence electrons. The third-order valence-corrected chi connectivity index (χ3v) is 4.73. The molecule has 1 aliphatic heterocycles. The molecular formula is C18H23NO3. The van der Waals surface area contributed by atoms with E-state index < -0.39 is 0 Å². The van der Waals surface area contributed by atoms with Gasteiger partial charge in [-0.15, -0.1) is 0 Å². The van der Waals surface area contributed by atoms with Crippen LogP contribution in [0.15, 0.2) is 24.3 Å². The van der Waals surface area contributed by atoms with Gasteiger partial charge in [-0.3, -0.25) is 4.79 Å². The van der Waals surface area contributed by atoms with Crippen LogP contribution in [0.4, 0.5) is 0 Å². The fourth-order valence-corrected chi connectivity index (χ4v) is 3.34. The molecule has 0 N–H and O–H groups in total. The Balaban J connectivity index is 1.65. The summed E-state index contributed by atoms with van der Waals surface area (Å²) in [5.74, 6) is 2.15. The van der Waals surface area contributed by atoms with Crippen LogP contribution in [0.2, 0.25) is 0 Å². The molecule has 2 aliphatic rings. The third-order valence-electron chi connectivity index (χ3n) is 4.73. The molecule has 2 unspecified atom stereocenters. The molecule has 1 saturated carbocycles. The minimum absolute atomic E-state index is 0.0661. The van der Waals surface area contributed by atoms with E-state index in [1.54, 1.807) is 6.08 Å². The second-order valence-corrected chi connectivity index (χ2v) is 6.22. The first-order valence-corrected chi connectivity index (χ1v) is 7.99. The Labute approximate surface area is 131 Å². The van der Waals surface area contributed by atoms with Crippen LogP contribution in [-0.4, -0.2) is 30.7 Å². The minimum Gasteiger partial charge on any atom is -0.454 e. The fraction of sp³-hybridized carbons (Fsp3) is 0.500. The predicted octanol–water partition coefficient (Wildman–Crippen LogP) is 3.47. The van der Waals surface area contributed by atoms with Gasteiger partial charge >= 0.3 is 0 Å². The van der Waals surface area contributed by atoms with Crippen molar-refractivity contribution in [1.29, 1.82) is 0 Å². The minimum atomic E-state index is 0.0661. The number of rotatable bonds is 3. The van der Waals surface area contributed by atoms with Crippen LogP contribution in [-0.2, 0) is 4.79 Å². The predicted molar refractivity (Wildman–Crippen MR) is 85.8 cm³/mol. The molecule has 1 amide bonds. The van der Waals surface area contributed by atoms with Crippen molar-refractivity contribution in [3.8, 4) is 11.5 Å². The van der Waals surface area contributed by atoms with E-state index in [4.69, 9.17) is 9.47 Å². The number of benzene rings is 1. The van der Waals surface area contributed by atoms with Crippen molar-refractivity contribution in [2.24, 2.45) is 5.92 Å². The van der Waals surface area contributed by atoms with E-state index in [1.165, 1.54) is 19.3 Å². The maximum atomic E-state index is 12.4. The van der Waals surface area contributed by atoms with Crippen LogP contribution >= 0.6 is 0 Å². The summed E-state index contributed by atoms with van der Waals surface area (Å²) in [5, 5.41) is 0. The summed E-state index contributed by atoms with van der Waals surface area (Å²) in [5.41, 5.74) is 0.947. The average Bonchev–Trinajstić information content (AvgIpc) is 3.00. The summed E-state index contributed by atoms with van der Waals surface area (Å²) in [6.07, 6.45) is 8.33. The molecule has 0 aromatic heterocycles. The molecule has 1 heterocycles. The second kappa shape index (κ2) is 6.42. The lowest BCUT2D eigenvalue weighted by atomic mass is 9.85. The number of carbonyl (C=O) groups is 1. The Morgan fingerprint density at radius 2 is 2.00 bits per heavy atom. The topological polar surface area (TPSA) is 38.8 Å². The molecule has 1 fully saturated rings. The standard InChI is InChI=1S/C18H23NO3/c1-13-5-3-4-6-15(13)19(2)18(20)10-8-14-7-9-16-17(11-14)22-12-21-16/h7-11,13,15H,3-6,12H2,1-2H3/b10-8+. The van der Waals surface area contributed by atoms with Crippen LogP contribution in [0.5, 0.6) is 11.5 Å². The number of nitrogens with zero attached hydrogens (tertiary/aromatic N) is 1. The number of carbonyl (C=O) groups excluding carboxylic acids is 1. The summed E-state index contributed by atoms with van der Waals surface area (Å²) in [4.78, 5) is 14.3. The smallest absolute Gasteiger partial charge is 0.246 e. The van der Waals surface area contributed by atoms with Crippen molar-refractivity contribution in [2.75, 3.05) is 13.8 Å². The van der Waals surface area contributed by atoms with Gasteiger partial charge in [-0.1, -0.05) is 25.8 Å². The fourth-order valence-electron chi connectivity index (χ4n) is 3.34. The van der Waals surface area contributed by atoms with Crippen molar-refractivity contribution in [3.63, 3.8) is 0 Å². The first kappa shape index (κ1) is 14.9. The van der Waals surface area contributed by atoms with Gasteiger partial charge in [0.2, 0.25) is 12.7 Å². The highest BCUT2D eigenvalue weighted by molar-refractivity contribution is 5.92. The summed E-state index contributed by atoms with van der Waals surface area (Å²) in [6, 6.07) is 6.07. The summed E-state index contributed by atoms with van der Waals surface area (Å²) in [6.45, 7) is 2.51. The second-order valence-electron chi connectivity index (χ2n) is 6.22. The molecular weight excluding hydrogens is 278 g/mol. The average molecular weight is 301 g/mol. The van der Waals surface area contributed by atoms with Crippen LogP contribution in [0, 0.1) is 5.92 Å². The normalized spacial score (nSPS) is 23.7. The van der Waals surface area contributed by atoms with Crippen LogP contribution < -0.4 is 9.47 Å². The zero-order chi connectivity index (χ0) is 15.5. The van der Waals surface area contributed by atoms with E-state index in [0.717, 1.165) is 23.5 Å². The molecule has 1 aromatic rings. The van der Waals surface area contributed by atoms with Crippen LogP contribution in [0.3, 0.4) is 0 Å². The zero-order valence-corrected chi connectivity index (χ0v) is 13.2. The zero-order valence-electron chi connectivity index (χ0n) is 13.2. The molecule has 0 saturated heterocycles. The van der Waals surface area contributed by atoms with Gasteiger partial charge < -0.3 is 14.4 Å². The third kappa shape index (κ3) is 3.11. The van der Waals surface area contributed by atoms with Crippen molar-refractivity contribution in [3.05, 3.63) is 29.8 Å². The highest BCUT2D eigenvalue weighted by Gasteiger charge is 2.26. The molecule has 1 aliphatic carbocycles. The largest absolute Gasteiger partial charge is 0.454 e. The Morgan fingerprint density at radius 3 is 2.82 bits per heavy atom. The van der Waals surface area contributed by atoms with E-state index in [2.05, 4.69) is 6.92 Å². The molecule has 22 heavy (non-hydrogen) atoms. The van der Waals surface area contributed by atoms with Gasteiger partial charge in [-0.2, -0.15) is 0 Å². The van der Waals surface area contributed by atoms with E-state index >= 15 is 0 Å². The lowest BCUT2D eigenvalue weighted by Gasteiger charge is -2.35. The lowest BCUT2D eigenvalue weighted by molar-refractivity contribution is -0.128. The number of ether oxygens (including phenoxy) is 2. The van der Waals surface area contributed by atoms with Gasteiger partial charge in [-0.05, 0) is 42.5 Å². The van der Waals surface area contributed by atoms with Crippen LogP contribution in [0.25, 0.3) is 6.08 Å². The van der Waals surface area contributed by atoms with Gasteiger partial charge in [0, 0.05) is 19.2 Å². The van der Waals surface area contributed by atoms with Gasteiger partial charge in [0.25, 0.3) is 0 Å².